The number of ether oxygens (including phenoxy) is 1. The lowest BCUT2D eigenvalue weighted by molar-refractivity contribution is -0.137. The van der Waals surface area contributed by atoms with Gasteiger partial charge in [0.1, 0.15) is 0 Å². The van der Waals surface area contributed by atoms with Crippen molar-refractivity contribution in [1.29, 1.82) is 5.26 Å². The highest BCUT2D eigenvalue weighted by atomic mass is 32.2. The molecule has 0 aliphatic carbocycles. The van der Waals surface area contributed by atoms with Crippen molar-refractivity contribution < 1.29 is 31.5 Å². The van der Waals surface area contributed by atoms with Crippen molar-refractivity contribution in [2.24, 2.45) is 0 Å². The molecule has 0 aromatic heterocycles. The van der Waals surface area contributed by atoms with Crippen molar-refractivity contribution in [3.8, 4) is 6.07 Å². The number of hydrogen-bond donors (Lipinski definition) is 0. The van der Waals surface area contributed by atoms with E-state index in [0.29, 0.717) is 16.4 Å². The Kier molecular flexibility index (Phi) is 5.64. The van der Waals surface area contributed by atoms with Crippen molar-refractivity contribution >= 4 is 28.6 Å². The third-order valence-electron chi connectivity index (χ3n) is 3.33. The number of halogens is 3. The Hall–Kier alpha value is -2.90. The molecule has 2 aromatic rings. The summed E-state index contributed by atoms with van der Waals surface area (Å²) >= 11 is -3.05. The van der Waals surface area contributed by atoms with Crippen molar-refractivity contribution in [1.82, 2.24) is 0 Å². The molecule has 0 aliphatic heterocycles. The molecule has 136 valence electrons. The van der Waals surface area contributed by atoms with Crippen LogP contribution < -0.4 is 4.31 Å². The van der Waals surface area contributed by atoms with Gasteiger partial charge in [0, 0.05) is 0 Å². The first kappa shape index (κ1) is 19.4. The number of nitrogens with zero attached hydrogens (tertiary/aromatic N) is 2. The molecule has 2 rings (SSSR count). The van der Waals surface area contributed by atoms with E-state index in [9.17, 15) is 26.7 Å². The van der Waals surface area contributed by atoms with Gasteiger partial charge in [0.15, 0.2) is 0 Å². The zero-order chi connectivity index (χ0) is 19.5. The Labute approximate surface area is 148 Å². The van der Waals surface area contributed by atoms with Crippen molar-refractivity contribution in [3.63, 3.8) is 0 Å². The highest BCUT2D eigenvalue weighted by Crippen LogP contribution is 2.37. The van der Waals surface area contributed by atoms with Crippen LogP contribution in [-0.4, -0.2) is 21.8 Å². The molecule has 0 aliphatic rings. The van der Waals surface area contributed by atoms with Gasteiger partial charge in [-0.05, 0) is 42.5 Å². The van der Waals surface area contributed by atoms with E-state index in [1.165, 1.54) is 24.3 Å². The molecule has 0 N–H and O–H groups in total. The van der Waals surface area contributed by atoms with E-state index in [4.69, 9.17) is 5.26 Å². The molecule has 0 spiro atoms. The number of methoxy groups -OCH3 is 1. The smallest absolute Gasteiger partial charge is 0.416 e. The van der Waals surface area contributed by atoms with Crippen LogP contribution in [0.1, 0.15) is 21.5 Å². The van der Waals surface area contributed by atoms with Crippen LogP contribution in [0.3, 0.4) is 0 Å². The topological polar surface area (TPSA) is 93.5 Å². The van der Waals surface area contributed by atoms with E-state index in [1.807, 2.05) is 6.07 Å². The first-order valence-corrected chi connectivity index (χ1v) is 7.91. The molecule has 0 heterocycles. The van der Waals surface area contributed by atoms with Crippen LogP contribution >= 0.6 is 0 Å². The van der Waals surface area contributed by atoms with Gasteiger partial charge < -0.3 is 9.29 Å². The van der Waals surface area contributed by atoms with Gasteiger partial charge in [-0.2, -0.15) is 18.4 Å². The standard InChI is InChI=1S/C16H11F3N2O4S/c1-25-15(22)13-7-4-11(16(17,18)19)8-14(13)21(26(23)24)12-5-2-10(9-20)3-6-12/h2-8H,1H3,(H,23,24)/p-1. The van der Waals surface area contributed by atoms with Crippen LogP contribution in [0.25, 0.3) is 0 Å². The van der Waals surface area contributed by atoms with Gasteiger partial charge in [0.2, 0.25) is 0 Å². The molecule has 26 heavy (non-hydrogen) atoms. The average Bonchev–Trinajstić information content (AvgIpc) is 2.60. The number of rotatable bonds is 4. The molecule has 0 fully saturated rings. The van der Waals surface area contributed by atoms with Gasteiger partial charge >= 0.3 is 12.1 Å². The summed E-state index contributed by atoms with van der Waals surface area (Å²) in [4.78, 5) is 11.9. The highest BCUT2D eigenvalue weighted by molar-refractivity contribution is 7.81. The van der Waals surface area contributed by atoms with Crippen molar-refractivity contribution in [3.05, 3.63) is 59.2 Å². The van der Waals surface area contributed by atoms with Gasteiger partial charge in [-0.1, -0.05) is 0 Å². The Morgan fingerprint density at radius 3 is 2.31 bits per heavy atom. The molecule has 10 heteroatoms. The predicted molar refractivity (Wildman–Crippen MR) is 85.0 cm³/mol. The SMILES string of the molecule is COC(=O)c1ccc(C(F)(F)F)cc1N(c1ccc(C#N)cc1)S(=O)[O-]. The third kappa shape index (κ3) is 4.01. The first-order valence-electron chi connectivity index (χ1n) is 6.88. The minimum Gasteiger partial charge on any atom is -0.755 e. The molecule has 1 atom stereocenters. The number of esters is 1. The van der Waals surface area contributed by atoms with E-state index in [0.717, 1.165) is 13.2 Å². The fraction of sp³-hybridized carbons (Fsp3) is 0.125. The summed E-state index contributed by atoms with van der Waals surface area (Å²) in [6, 6.07) is 8.92. The number of alkyl halides is 3. The number of anilines is 2. The molecule has 0 saturated carbocycles. The second-order valence-corrected chi connectivity index (χ2v) is 5.69. The summed E-state index contributed by atoms with van der Waals surface area (Å²) in [5, 5.41) is 8.80. The quantitative estimate of drug-likeness (QED) is 0.597. The fourth-order valence-electron chi connectivity index (χ4n) is 2.14. The Morgan fingerprint density at radius 1 is 1.23 bits per heavy atom. The molecular formula is C16H10F3N2O4S-. The molecule has 0 saturated heterocycles. The van der Waals surface area contributed by atoms with Gasteiger partial charge in [0.05, 0.1) is 52.5 Å². The summed E-state index contributed by atoms with van der Waals surface area (Å²) in [5.74, 6) is -1.00. The predicted octanol–water partition coefficient (Wildman–Crippen LogP) is 3.30. The maximum absolute atomic E-state index is 13.0. The van der Waals surface area contributed by atoms with Gasteiger partial charge in [-0.25, -0.2) is 4.79 Å². The minimum atomic E-state index is -4.75. The number of benzene rings is 2. The molecule has 0 bridgehead atoms. The molecule has 6 nitrogen and oxygen atoms in total. The van der Waals surface area contributed by atoms with Crippen LogP contribution in [-0.2, 0) is 22.2 Å². The fourth-order valence-corrected chi connectivity index (χ4v) is 2.74. The van der Waals surface area contributed by atoms with Crippen LogP contribution in [0.4, 0.5) is 24.5 Å². The molecule has 2 aromatic carbocycles. The summed E-state index contributed by atoms with van der Waals surface area (Å²) < 4.78 is 67.5. The highest BCUT2D eigenvalue weighted by Gasteiger charge is 2.33. The molecule has 0 radical (unpaired) electrons. The largest absolute Gasteiger partial charge is 0.755 e. The Bertz CT molecular complexity index is 892. The number of carbonyl (C=O) groups excluding carboxylic acids is 1. The van der Waals surface area contributed by atoms with Crippen LogP contribution in [0.15, 0.2) is 42.5 Å². The first-order chi connectivity index (χ1) is 12.2. The zero-order valence-electron chi connectivity index (χ0n) is 13.1. The van der Waals surface area contributed by atoms with Crippen molar-refractivity contribution in [2.75, 3.05) is 11.4 Å². The van der Waals surface area contributed by atoms with E-state index in [2.05, 4.69) is 4.74 Å². The molecule has 0 amide bonds. The normalized spacial score (nSPS) is 12.2. The van der Waals surface area contributed by atoms with E-state index in [1.54, 1.807) is 0 Å². The third-order valence-corrected chi connectivity index (χ3v) is 4.03. The average molecular weight is 383 g/mol. The maximum Gasteiger partial charge on any atom is 0.416 e. The summed E-state index contributed by atoms with van der Waals surface area (Å²) in [7, 11) is 1.02. The number of hydrogen-bond acceptors (Lipinski definition) is 5. The lowest BCUT2D eigenvalue weighted by atomic mass is 10.1. The summed E-state index contributed by atoms with van der Waals surface area (Å²) in [6.07, 6.45) is -4.75. The molecular weight excluding hydrogens is 373 g/mol. The minimum absolute atomic E-state index is 0.0539. The second-order valence-electron chi connectivity index (χ2n) is 4.89. The van der Waals surface area contributed by atoms with Gasteiger partial charge in [-0.15, -0.1) is 0 Å². The van der Waals surface area contributed by atoms with Gasteiger partial charge in [0.25, 0.3) is 0 Å². The van der Waals surface area contributed by atoms with Crippen molar-refractivity contribution in [2.45, 2.75) is 6.18 Å². The lowest BCUT2D eigenvalue weighted by Crippen LogP contribution is -2.23. The van der Waals surface area contributed by atoms with Crippen LogP contribution in [0, 0.1) is 11.3 Å². The summed E-state index contributed by atoms with van der Waals surface area (Å²) in [5.41, 5.74) is -1.85. The lowest BCUT2D eigenvalue weighted by Gasteiger charge is -2.28. The Morgan fingerprint density at radius 2 is 1.85 bits per heavy atom. The monoisotopic (exact) mass is 383 g/mol. The zero-order valence-corrected chi connectivity index (χ0v) is 13.9. The number of nitriles is 1. The summed E-state index contributed by atoms with van der Waals surface area (Å²) in [6.45, 7) is 0. The van der Waals surface area contributed by atoms with E-state index in [-0.39, 0.29) is 16.8 Å². The van der Waals surface area contributed by atoms with E-state index < -0.39 is 34.7 Å². The van der Waals surface area contributed by atoms with Crippen LogP contribution in [0.2, 0.25) is 0 Å². The maximum atomic E-state index is 13.0. The van der Waals surface area contributed by atoms with Gasteiger partial charge in [-0.3, -0.25) is 8.51 Å². The second kappa shape index (κ2) is 7.55. The van der Waals surface area contributed by atoms with E-state index >= 15 is 0 Å². The van der Waals surface area contributed by atoms with Crippen LogP contribution in [0.5, 0.6) is 0 Å². The molecule has 1 unspecified atom stereocenters. The number of carbonyl (C=O) groups is 1. The Balaban J connectivity index is 2.70.